The molecule has 1 atom stereocenters. The molecule has 0 aliphatic heterocycles. The first-order valence-electron chi connectivity index (χ1n) is 12.3. The maximum Gasteiger partial charge on any atom is 0.293 e. The Bertz CT molecular complexity index is 1710. The average molecular weight is 541 g/mol. The number of benzene rings is 3. The summed E-state index contributed by atoms with van der Waals surface area (Å²) in [6.45, 7) is 4.34. The molecule has 0 radical (unpaired) electrons. The minimum atomic E-state index is -0.559. The van der Waals surface area contributed by atoms with E-state index < -0.39 is 10.8 Å². The lowest BCUT2D eigenvalue weighted by molar-refractivity contribution is -0.384. The predicted molar refractivity (Wildman–Crippen MR) is 153 cm³/mol. The summed E-state index contributed by atoms with van der Waals surface area (Å²) in [6, 6.07) is 22.4. The summed E-state index contributed by atoms with van der Waals surface area (Å²) in [5, 5.41) is 16.7. The largest absolute Gasteiger partial charge is 0.451 e. The molecule has 0 saturated carbocycles. The molecule has 0 fully saturated rings. The number of carbonyl (C=O) groups is 1. The van der Waals surface area contributed by atoms with Gasteiger partial charge in [-0.05, 0) is 72.6 Å². The molecular weight excluding hydrogens is 516 g/mol. The van der Waals surface area contributed by atoms with Crippen LogP contribution < -0.4 is 10.6 Å². The summed E-state index contributed by atoms with van der Waals surface area (Å²) in [4.78, 5) is 27.9. The lowest BCUT2D eigenvalue weighted by atomic mass is 9.98. The van der Waals surface area contributed by atoms with E-state index in [1.807, 2.05) is 24.3 Å². The minimum Gasteiger partial charge on any atom is -0.451 e. The summed E-state index contributed by atoms with van der Waals surface area (Å²) < 4.78 is 11.6. The molecule has 2 N–H and O–H groups in total. The van der Waals surface area contributed by atoms with Crippen molar-refractivity contribution in [3.8, 4) is 22.8 Å². The van der Waals surface area contributed by atoms with E-state index in [4.69, 9.17) is 21.1 Å². The van der Waals surface area contributed by atoms with Gasteiger partial charge in [0.2, 0.25) is 5.89 Å². The van der Waals surface area contributed by atoms with Crippen molar-refractivity contribution in [2.75, 3.05) is 5.32 Å². The van der Waals surface area contributed by atoms with Crippen LogP contribution in [0.15, 0.2) is 87.7 Å². The van der Waals surface area contributed by atoms with E-state index in [0.29, 0.717) is 34.4 Å². The Balaban J connectivity index is 1.26. The van der Waals surface area contributed by atoms with Crippen molar-refractivity contribution in [1.82, 2.24) is 10.3 Å². The van der Waals surface area contributed by atoms with Gasteiger partial charge in [0.1, 0.15) is 11.3 Å². The van der Waals surface area contributed by atoms with Crippen molar-refractivity contribution >= 4 is 45.7 Å². The fraction of sp³-hybridized carbons (Fsp3) is 0.138. The van der Waals surface area contributed by atoms with E-state index in [1.54, 1.807) is 24.3 Å². The molecule has 0 spiro atoms. The Labute approximate surface area is 229 Å². The van der Waals surface area contributed by atoms with Crippen molar-refractivity contribution in [3.63, 3.8) is 0 Å². The van der Waals surface area contributed by atoms with Crippen LogP contribution in [0.1, 0.15) is 42.3 Å². The molecule has 0 unspecified atom stereocenters. The Morgan fingerprint density at radius 1 is 1.03 bits per heavy atom. The number of furan rings is 1. The zero-order chi connectivity index (χ0) is 27.5. The number of nitro benzene ring substituents is 1. The number of non-ortho nitro benzene ring substituents is 1. The van der Waals surface area contributed by atoms with Gasteiger partial charge in [-0.15, -0.1) is 0 Å². The predicted octanol–water partition coefficient (Wildman–Crippen LogP) is 7.30. The molecule has 5 rings (SSSR count). The normalized spacial score (nSPS) is 11.7. The third-order valence-electron chi connectivity index (χ3n) is 6.36. The van der Waals surface area contributed by atoms with Crippen LogP contribution in [-0.2, 0) is 0 Å². The van der Waals surface area contributed by atoms with Crippen LogP contribution in [0.5, 0.6) is 0 Å². The molecule has 5 aromatic rings. The van der Waals surface area contributed by atoms with Crippen LogP contribution in [0.3, 0.4) is 0 Å². The number of aromatic nitrogens is 1. The molecule has 0 bridgehead atoms. The topological polar surface area (TPSA) is 123 Å². The molecule has 0 saturated heterocycles. The monoisotopic (exact) mass is 540 g/mol. The van der Waals surface area contributed by atoms with E-state index in [1.165, 1.54) is 23.8 Å². The van der Waals surface area contributed by atoms with E-state index in [2.05, 4.69) is 41.6 Å². The van der Waals surface area contributed by atoms with Gasteiger partial charge >= 0.3 is 0 Å². The maximum absolute atomic E-state index is 12.7. The van der Waals surface area contributed by atoms with Crippen LogP contribution in [0, 0.1) is 10.1 Å². The molecule has 0 aliphatic carbocycles. The van der Waals surface area contributed by atoms with Gasteiger partial charge in [-0.2, -0.15) is 0 Å². The highest BCUT2D eigenvalue weighted by Gasteiger charge is 2.16. The molecule has 0 aliphatic rings. The fourth-order valence-corrected chi connectivity index (χ4v) is 4.27. The lowest BCUT2D eigenvalue weighted by Gasteiger charge is -2.09. The minimum absolute atomic E-state index is 0.0117. The van der Waals surface area contributed by atoms with Crippen LogP contribution in [0.4, 0.5) is 11.4 Å². The SMILES string of the molecule is CC[C@H](C)c1ccc2oc(-c3cccc(NC(=S)NC(=O)c4ccc(-c5cccc([N+](=O)[O-])c5)o4)c3)nc2c1. The number of oxazole rings is 1. The number of hydrogen-bond acceptors (Lipinski definition) is 7. The summed E-state index contributed by atoms with van der Waals surface area (Å²) in [6.07, 6.45) is 1.04. The number of nitro groups is 1. The Hall–Kier alpha value is -4.83. The van der Waals surface area contributed by atoms with Crippen molar-refractivity contribution in [2.24, 2.45) is 0 Å². The van der Waals surface area contributed by atoms with E-state index in [9.17, 15) is 14.9 Å². The van der Waals surface area contributed by atoms with Gasteiger partial charge in [0.15, 0.2) is 16.5 Å². The van der Waals surface area contributed by atoms with Gasteiger partial charge in [0.25, 0.3) is 11.6 Å². The lowest BCUT2D eigenvalue weighted by Crippen LogP contribution is -2.33. The Morgan fingerprint density at radius 3 is 2.62 bits per heavy atom. The van der Waals surface area contributed by atoms with Crippen LogP contribution in [0.25, 0.3) is 33.9 Å². The molecule has 10 heteroatoms. The molecule has 196 valence electrons. The smallest absolute Gasteiger partial charge is 0.293 e. The van der Waals surface area contributed by atoms with Gasteiger partial charge < -0.3 is 14.2 Å². The molecule has 39 heavy (non-hydrogen) atoms. The third-order valence-corrected chi connectivity index (χ3v) is 6.56. The quantitative estimate of drug-likeness (QED) is 0.125. The Morgan fingerprint density at radius 2 is 1.82 bits per heavy atom. The van der Waals surface area contributed by atoms with E-state index in [0.717, 1.165) is 17.5 Å². The number of amides is 1. The summed E-state index contributed by atoms with van der Waals surface area (Å²) in [5.74, 6) is 0.694. The molecule has 2 aromatic heterocycles. The number of thiocarbonyl (C=S) groups is 1. The second-order valence-corrected chi connectivity index (χ2v) is 9.42. The second kappa shape index (κ2) is 10.9. The van der Waals surface area contributed by atoms with E-state index in [-0.39, 0.29) is 16.6 Å². The zero-order valence-electron chi connectivity index (χ0n) is 21.1. The molecule has 9 nitrogen and oxygen atoms in total. The van der Waals surface area contributed by atoms with E-state index >= 15 is 0 Å². The van der Waals surface area contributed by atoms with Crippen LogP contribution in [-0.4, -0.2) is 20.9 Å². The highest BCUT2D eigenvalue weighted by molar-refractivity contribution is 7.80. The number of fused-ring (bicyclic) bond motifs is 1. The van der Waals surface area contributed by atoms with Crippen molar-refractivity contribution in [1.29, 1.82) is 0 Å². The highest BCUT2D eigenvalue weighted by atomic mass is 32.1. The third kappa shape index (κ3) is 5.70. The van der Waals surface area contributed by atoms with Crippen molar-refractivity contribution in [2.45, 2.75) is 26.2 Å². The first-order valence-corrected chi connectivity index (χ1v) is 12.7. The van der Waals surface area contributed by atoms with Gasteiger partial charge in [-0.3, -0.25) is 20.2 Å². The molecule has 1 amide bonds. The number of rotatable bonds is 7. The highest BCUT2D eigenvalue weighted by Crippen LogP contribution is 2.29. The molecule has 2 heterocycles. The van der Waals surface area contributed by atoms with Gasteiger partial charge in [0, 0.05) is 28.9 Å². The summed E-state index contributed by atoms with van der Waals surface area (Å²) >= 11 is 5.32. The maximum atomic E-state index is 12.7. The fourth-order valence-electron chi connectivity index (χ4n) is 4.06. The first kappa shape index (κ1) is 25.8. The van der Waals surface area contributed by atoms with Gasteiger partial charge in [-0.25, -0.2) is 4.98 Å². The number of carbonyl (C=O) groups excluding carboxylic acids is 1. The number of anilines is 1. The van der Waals surface area contributed by atoms with Crippen LogP contribution >= 0.6 is 12.2 Å². The Kier molecular flexibility index (Phi) is 7.20. The van der Waals surface area contributed by atoms with Crippen LogP contribution in [0.2, 0.25) is 0 Å². The van der Waals surface area contributed by atoms with Crippen molar-refractivity contribution in [3.05, 3.63) is 100 Å². The summed E-state index contributed by atoms with van der Waals surface area (Å²) in [7, 11) is 0. The van der Waals surface area contributed by atoms with Crippen molar-refractivity contribution < 1.29 is 18.6 Å². The number of hydrogen-bond donors (Lipinski definition) is 2. The summed E-state index contributed by atoms with van der Waals surface area (Å²) in [5.41, 5.74) is 4.52. The average Bonchev–Trinajstić information content (AvgIpc) is 3.60. The first-order chi connectivity index (χ1) is 18.8. The molecule has 3 aromatic carbocycles. The second-order valence-electron chi connectivity index (χ2n) is 9.02. The van der Waals surface area contributed by atoms with Gasteiger partial charge in [-0.1, -0.05) is 38.1 Å². The standard InChI is InChI=1S/C29H24N4O5S/c1-3-17(2)18-10-11-25-23(16-18)31-28(38-25)20-7-4-8-21(14-20)30-29(39)32-27(34)26-13-12-24(37-26)19-6-5-9-22(15-19)33(35)36/h4-17H,3H2,1-2H3,(H2,30,32,34,39)/t17-/m0/s1. The zero-order valence-corrected chi connectivity index (χ0v) is 22.0. The molecular formula is C29H24N4O5S. The number of nitrogens with one attached hydrogen (secondary N) is 2. The number of nitrogens with zero attached hydrogens (tertiary/aromatic N) is 2. The van der Waals surface area contributed by atoms with Gasteiger partial charge in [0.05, 0.1) is 4.92 Å².